The fourth-order valence-electron chi connectivity index (χ4n) is 2.24. The molecule has 0 spiro atoms. The highest BCUT2D eigenvalue weighted by atomic mass is 79.9. The molecule has 0 aromatic heterocycles. The van der Waals surface area contributed by atoms with E-state index >= 15 is 0 Å². The molecule has 0 bridgehead atoms. The van der Waals surface area contributed by atoms with Gasteiger partial charge in [0, 0.05) is 17.1 Å². The van der Waals surface area contributed by atoms with Crippen LogP contribution in [0.5, 0.6) is 11.5 Å². The van der Waals surface area contributed by atoms with Gasteiger partial charge in [-0.25, -0.2) is 4.39 Å². The Kier molecular flexibility index (Phi) is 4.64. The van der Waals surface area contributed by atoms with E-state index in [2.05, 4.69) is 28.2 Å². The van der Waals surface area contributed by atoms with Crippen LogP contribution in [-0.2, 0) is 6.61 Å². The number of rotatable bonds is 5. The first-order valence-electron chi connectivity index (χ1n) is 7.18. The van der Waals surface area contributed by atoms with E-state index in [0.29, 0.717) is 24.1 Å². The summed E-state index contributed by atoms with van der Waals surface area (Å²) in [4.78, 5) is 0. The van der Waals surface area contributed by atoms with E-state index in [-0.39, 0.29) is 11.9 Å². The van der Waals surface area contributed by atoms with E-state index < -0.39 is 0 Å². The Bertz CT molecular complexity index is 665. The average molecular weight is 366 g/mol. The molecule has 1 heterocycles. The smallest absolute Gasteiger partial charge is 0.162 e. The number of hydrogen-bond donors (Lipinski definition) is 1. The molecule has 0 amide bonds. The number of nitrogens with one attached hydrogen (secondary N) is 1. The molecule has 0 unspecified atom stereocenters. The molecular weight excluding hydrogens is 349 g/mol. The fraction of sp³-hybridized carbons (Fsp3) is 0.294. The molecule has 0 aliphatic carbocycles. The molecule has 2 aromatic rings. The van der Waals surface area contributed by atoms with Gasteiger partial charge in [-0.1, -0.05) is 28.1 Å². The number of halogens is 2. The Labute approximate surface area is 137 Å². The Morgan fingerprint density at radius 2 is 2.09 bits per heavy atom. The standard InChI is InChI=1S/C17H17BrFNO2/c1-11-17(9-20-11)22-16-8-13(18)5-6-15(16)21-10-12-3-2-4-14(19)7-12/h2-8,11,17,20H,9-10H2,1H3/t11-,17+/m1/s1. The van der Waals surface area contributed by atoms with E-state index in [0.717, 1.165) is 16.6 Å². The molecule has 22 heavy (non-hydrogen) atoms. The average Bonchev–Trinajstić information content (AvgIpc) is 2.50. The Morgan fingerprint density at radius 1 is 1.23 bits per heavy atom. The van der Waals surface area contributed by atoms with Crippen molar-refractivity contribution in [2.24, 2.45) is 0 Å². The quantitative estimate of drug-likeness (QED) is 0.871. The molecular formula is C17H17BrFNO2. The molecule has 1 fully saturated rings. The maximum absolute atomic E-state index is 13.2. The third-order valence-corrected chi connectivity index (χ3v) is 4.16. The van der Waals surface area contributed by atoms with Crippen molar-refractivity contribution in [1.82, 2.24) is 5.32 Å². The van der Waals surface area contributed by atoms with E-state index in [1.165, 1.54) is 12.1 Å². The van der Waals surface area contributed by atoms with Gasteiger partial charge in [-0.2, -0.15) is 0 Å². The molecule has 0 radical (unpaired) electrons. The van der Waals surface area contributed by atoms with Gasteiger partial charge in [0.15, 0.2) is 11.5 Å². The molecule has 0 saturated carbocycles. The maximum atomic E-state index is 13.2. The van der Waals surface area contributed by atoms with Gasteiger partial charge in [0.05, 0.1) is 0 Å². The normalized spacial score (nSPS) is 20.3. The highest BCUT2D eigenvalue weighted by Crippen LogP contribution is 2.33. The predicted octanol–water partition coefficient (Wildman–Crippen LogP) is 3.91. The lowest BCUT2D eigenvalue weighted by atomic mass is 10.1. The van der Waals surface area contributed by atoms with Crippen LogP contribution >= 0.6 is 15.9 Å². The zero-order valence-electron chi connectivity index (χ0n) is 12.2. The maximum Gasteiger partial charge on any atom is 0.162 e. The second-order valence-electron chi connectivity index (χ2n) is 5.36. The van der Waals surface area contributed by atoms with Gasteiger partial charge in [0.1, 0.15) is 18.5 Å². The largest absolute Gasteiger partial charge is 0.485 e. The van der Waals surface area contributed by atoms with Crippen molar-refractivity contribution in [3.63, 3.8) is 0 Å². The summed E-state index contributed by atoms with van der Waals surface area (Å²) in [6, 6.07) is 12.4. The molecule has 2 atom stereocenters. The summed E-state index contributed by atoms with van der Waals surface area (Å²) in [7, 11) is 0. The second-order valence-corrected chi connectivity index (χ2v) is 6.28. The molecule has 1 N–H and O–H groups in total. The molecule has 3 rings (SSSR count). The van der Waals surface area contributed by atoms with Crippen LogP contribution in [0.3, 0.4) is 0 Å². The van der Waals surface area contributed by atoms with Crippen LogP contribution in [0.2, 0.25) is 0 Å². The van der Waals surface area contributed by atoms with Crippen molar-refractivity contribution < 1.29 is 13.9 Å². The predicted molar refractivity (Wildman–Crippen MR) is 86.8 cm³/mol. The van der Waals surface area contributed by atoms with Crippen LogP contribution < -0.4 is 14.8 Å². The van der Waals surface area contributed by atoms with E-state index in [9.17, 15) is 4.39 Å². The van der Waals surface area contributed by atoms with Gasteiger partial charge in [0.2, 0.25) is 0 Å². The Morgan fingerprint density at radius 3 is 2.77 bits per heavy atom. The van der Waals surface area contributed by atoms with Crippen LogP contribution in [0.4, 0.5) is 4.39 Å². The molecule has 5 heteroatoms. The van der Waals surface area contributed by atoms with Crippen molar-refractivity contribution in [1.29, 1.82) is 0 Å². The molecule has 2 aromatic carbocycles. The van der Waals surface area contributed by atoms with Gasteiger partial charge >= 0.3 is 0 Å². The third-order valence-electron chi connectivity index (χ3n) is 3.67. The lowest BCUT2D eigenvalue weighted by Gasteiger charge is -2.35. The van der Waals surface area contributed by atoms with Crippen molar-refractivity contribution >= 4 is 15.9 Å². The zero-order chi connectivity index (χ0) is 15.5. The number of benzene rings is 2. The fourth-order valence-corrected chi connectivity index (χ4v) is 2.58. The second kappa shape index (κ2) is 6.67. The summed E-state index contributed by atoms with van der Waals surface area (Å²) < 4.78 is 25.9. The summed E-state index contributed by atoms with van der Waals surface area (Å²) in [6.45, 7) is 3.21. The minimum absolute atomic E-state index is 0.144. The Balaban J connectivity index is 1.72. The van der Waals surface area contributed by atoms with Crippen LogP contribution in [-0.4, -0.2) is 18.7 Å². The van der Waals surface area contributed by atoms with Gasteiger partial charge in [-0.05, 0) is 42.8 Å². The minimum atomic E-state index is -0.261. The highest BCUT2D eigenvalue weighted by Gasteiger charge is 2.28. The number of ether oxygens (including phenoxy) is 2. The summed E-state index contributed by atoms with van der Waals surface area (Å²) in [5, 5.41) is 3.26. The molecule has 1 saturated heterocycles. The first-order valence-corrected chi connectivity index (χ1v) is 7.98. The van der Waals surface area contributed by atoms with Crippen LogP contribution in [0.25, 0.3) is 0 Å². The summed E-state index contributed by atoms with van der Waals surface area (Å²) in [5.74, 6) is 1.10. The molecule has 1 aliphatic heterocycles. The molecule has 1 aliphatic rings. The monoisotopic (exact) mass is 365 g/mol. The third kappa shape index (κ3) is 3.59. The van der Waals surface area contributed by atoms with E-state index in [1.54, 1.807) is 6.07 Å². The van der Waals surface area contributed by atoms with Crippen LogP contribution in [0.15, 0.2) is 46.9 Å². The van der Waals surface area contributed by atoms with Gasteiger partial charge in [-0.3, -0.25) is 0 Å². The summed E-state index contributed by atoms with van der Waals surface area (Å²) in [6.07, 6.45) is 0.144. The van der Waals surface area contributed by atoms with Crippen molar-refractivity contribution in [2.75, 3.05) is 6.54 Å². The molecule has 3 nitrogen and oxygen atoms in total. The summed E-state index contributed by atoms with van der Waals surface area (Å²) in [5.41, 5.74) is 0.785. The first-order chi connectivity index (χ1) is 10.6. The molecule has 116 valence electrons. The van der Waals surface area contributed by atoms with Crippen molar-refractivity contribution in [2.45, 2.75) is 25.7 Å². The topological polar surface area (TPSA) is 30.5 Å². The minimum Gasteiger partial charge on any atom is -0.485 e. The number of hydrogen-bond acceptors (Lipinski definition) is 3. The van der Waals surface area contributed by atoms with Gasteiger partial charge in [-0.15, -0.1) is 0 Å². The van der Waals surface area contributed by atoms with Crippen molar-refractivity contribution in [3.8, 4) is 11.5 Å². The van der Waals surface area contributed by atoms with E-state index in [1.807, 2.05) is 24.3 Å². The first kappa shape index (κ1) is 15.3. The SMILES string of the molecule is C[C@H]1NC[C@@H]1Oc1cc(Br)ccc1OCc1cccc(F)c1. The van der Waals surface area contributed by atoms with Gasteiger partial charge in [0.25, 0.3) is 0 Å². The van der Waals surface area contributed by atoms with Crippen LogP contribution in [0.1, 0.15) is 12.5 Å². The highest BCUT2D eigenvalue weighted by molar-refractivity contribution is 9.10. The lowest BCUT2D eigenvalue weighted by Crippen LogP contribution is -2.58. The zero-order valence-corrected chi connectivity index (χ0v) is 13.8. The lowest BCUT2D eigenvalue weighted by molar-refractivity contribution is 0.0890. The summed E-state index contributed by atoms with van der Waals surface area (Å²) >= 11 is 3.45. The van der Waals surface area contributed by atoms with Crippen LogP contribution in [0, 0.1) is 5.82 Å². The van der Waals surface area contributed by atoms with E-state index in [4.69, 9.17) is 9.47 Å². The Hall–Kier alpha value is -1.59. The van der Waals surface area contributed by atoms with Crippen molar-refractivity contribution in [3.05, 3.63) is 58.3 Å². The van der Waals surface area contributed by atoms with Gasteiger partial charge < -0.3 is 14.8 Å².